The minimum Gasteiger partial charge on any atom is -0.363 e. The van der Waals surface area contributed by atoms with E-state index in [1.807, 2.05) is 0 Å². The molecule has 0 spiro atoms. The topological polar surface area (TPSA) is 36.3 Å². The molecule has 2 nitrogen and oxygen atoms in total. The van der Waals surface area contributed by atoms with Gasteiger partial charge in [-0.3, -0.25) is 0 Å². The molecule has 16 heavy (non-hydrogen) atoms. The molecule has 1 aliphatic heterocycles. The van der Waals surface area contributed by atoms with Gasteiger partial charge in [0.15, 0.2) is 0 Å². The van der Waals surface area contributed by atoms with Crippen molar-refractivity contribution < 1.29 is 4.74 Å². The highest BCUT2D eigenvalue weighted by atomic mass is 127. The van der Waals surface area contributed by atoms with Crippen molar-refractivity contribution in [3.05, 3.63) is 35.4 Å². The summed E-state index contributed by atoms with van der Waals surface area (Å²) in [5, 5.41) is 8.56. The van der Waals surface area contributed by atoms with Crippen molar-refractivity contribution in [3.8, 4) is 6.07 Å². The third-order valence-corrected chi connectivity index (χ3v) is 3.42. The largest absolute Gasteiger partial charge is 0.363 e. The zero-order chi connectivity index (χ0) is 11.8. The van der Waals surface area contributed by atoms with Crippen molar-refractivity contribution in [2.24, 2.45) is 0 Å². The Bertz CT molecular complexity index is 413. The van der Waals surface area contributed by atoms with E-state index in [4.69, 9.17) is 10.00 Å². The van der Waals surface area contributed by atoms with Crippen LogP contribution >= 0.6 is 22.6 Å². The van der Waals surface area contributed by atoms with E-state index in [0.29, 0.717) is 6.42 Å². The minimum atomic E-state index is 0.114. The Morgan fingerprint density at radius 1 is 1.38 bits per heavy atom. The number of hydrogen-bond acceptors (Lipinski definition) is 2. The molecule has 1 aromatic rings. The van der Waals surface area contributed by atoms with E-state index in [2.05, 4.69) is 66.8 Å². The van der Waals surface area contributed by atoms with E-state index in [1.54, 1.807) is 0 Å². The summed E-state index contributed by atoms with van der Waals surface area (Å²) in [6.07, 6.45) is 0.749. The van der Waals surface area contributed by atoms with E-state index in [0.717, 1.165) is 0 Å². The number of rotatable bonds is 3. The maximum atomic E-state index is 8.56. The fourth-order valence-corrected chi connectivity index (χ4v) is 2.11. The molecule has 0 aromatic heterocycles. The van der Waals surface area contributed by atoms with Gasteiger partial charge in [0.1, 0.15) is 12.2 Å². The molecule has 0 aliphatic carbocycles. The summed E-state index contributed by atoms with van der Waals surface area (Å²) in [6, 6.07) is 10.6. The molecule has 1 heterocycles. The number of hydrogen-bond donors (Lipinski definition) is 0. The molecule has 1 aromatic carbocycles. The van der Waals surface area contributed by atoms with Crippen LogP contribution in [0.5, 0.6) is 0 Å². The van der Waals surface area contributed by atoms with Crippen molar-refractivity contribution in [3.63, 3.8) is 0 Å². The highest BCUT2D eigenvalue weighted by Gasteiger charge is 2.39. The van der Waals surface area contributed by atoms with Crippen LogP contribution < -0.4 is 0 Å². The van der Waals surface area contributed by atoms with Crippen LogP contribution in [-0.2, 0) is 8.16 Å². The fourth-order valence-electron chi connectivity index (χ4n) is 1.75. The Balaban J connectivity index is 2.08. The molecule has 0 radical (unpaired) electrons. The van der Waals surface area contributed by atoms with Gasteiger partial charge in [-0.2, -0.15) is 5.26 Å². The van der Waals surface area contributed by atoms with Gasteiger partial charge in [-0.25, -0.2) is 0 Å². The van der Waals surface area contributed by atoms with E-state index in [1.165, 1.54) is 11.1 Å². The number of benzene rings is 1. The van der Waals surface area contributed by atoms with Gasteiger partial charge in [-0.1, -0.05) is 46.9 Å². The summed E-state index contributed by atoms with van der Waals surface area (Å²) < 4.78 is 5.60. The second-order valence-corrected chi connectivity index (χ2v) is 7.25. The summed E-state index contributed by atoms with van der Waals surface area (Å²) in [4.78, 5) is 0. The lowest BCUT2D eigenvalue weighted by atomic mass is 10.00. The Morgan fingerprint density at radius 2 is 2.00 bits per heavy atom. The SMILES string of the molecule is CC(C)(I)c1ccc(C2OC2CC#N)cc1. The van der Waals surface area contributed by atoms with Crippen LogP contribution in [-0.4, -0.2) is 6.10 Å². The van der Waals surface area contributed by atoms with E-state index < -0.39 is 0 Å². The van der Waals surface area contributed by atoms with Gasteiger partial charge >= 0.3 is 0 Å². The summed E-state index contributed by atoms with van der Waals surface area (Å²) >= 11 is 2.43. The predicted octanol–water partition coefficient (Wildman–Crippen LogP) is 3.71. The minimum absolute atomic E-state index is 0.114. The van der Waals surface area contributed by atoms with Crippen LogP contribution in [0.2, 0.25) is 0 Å². The Kier molecular flexibility index (Phi) is 3.22. The third-order valence-electron chi connectivity index (χ3n) is 2.80. The van der Waals surface area contributed by atoms with Gasteiger partial charge in [0.05, 0.1) is 12.5 Å². The van der Waals surface area contributed by atoms with Crippen LogP contribution in [0.15, 0.2) is 24.3 Å². The third kappa shape index (κ3) is 2.55. The van der Waals surface area contributed by atoms with Gasteiger partial charge in [-0.15, -0.1) is 0 Å². The summed E-state index contributed by atoms with van der Waals surface area (Å²) in [5.74, 6) is 0. The number of nitriles is 1. The second kappa shape index (κ2) is 4.34. The lowest BCUT2D eigenvalue weighted by Gasteiger charge is -2.16. The molecule has 0 saturated carbocycles. The molecule has 84 valence electrons. The highest BCUT2D eigenvalue weighted by Crippen LogP contribution is 2.41. The molecule has 1 saturated heterocycles. The van der Waals surface area contributed by atoms with Crippen molar-refractivity contribution >= 4 is 22.6 Å². The number of epoxide rings is 1. The van der Waals surface area contributed by atoms with Crippen LogP contribution in [0.3, 0.4) is 0 Å². The smallest absolute Gasteiger partial charge is 0.110 e. The summed E-state index contributed by atoms with van der Waals surface area (Å²) in [7, 11) is 0. The number of halogens is 1. The van der Waals surface area contributed by atoms with Crippen LogP contribution in [0.4, 0.5) is 0 Å². The lowest BCUT2D eigenvalue weighted by Crippen LogP contribution is -2.05. The summed E-state index contributed by atoms with van der Waals surface area (Å²) in [6.45, 7) is 4.38. The normalized spacial score (nSPS) is 23.9. The highest BCUT2D eigenvalue weighted by molar-refractivity contribution is 14.1. The van der Waals surface area contributed by atoms with Crippen molar-refractivity contribution in [1.29, 1.82) is 5.26 Å². The second-order valence-electron chi connectivity index (χ2n) is 4.55. The lowest BCUT2D eigenvalue weighted by molar-refractivity contribution is 0.375. The maximum absolute atomic E-state index is 8.56. The molecule has 3 heteroatoms. The Labute approximate surface area is 110 Å². The molecular formula is C13H14INO. The quantitative estimate of drug-likeness (QED) is 0.482. The molecule has 2 rings (SSSR count). The maximum Gasteiger partial charge on any atom is 0.110 e. The monoisotopic (exact) mass is 327 g/mol. The van der Waals surface area contributed by atoms with Gasteiger partial charge in [0.25, 0.3) is 0 Å². The zero-order valence-electron chi connectivity index (χ0n) is 9.40. The van der Waals surface area contributed by atoms with E-state index >= 15 is 0 Å². The molecular weight excluding hydrogens is 313 g/mol. The van der Waals surface area contributed by atoms with Crippen LogP contribution in [0.1, 0.15) is 37.5 Å². The first kappa shape index (κ1) is 11.9. The number of ether oxygens (including phenoxy) is 1. The van der Waals surface area contributed by atoms with Gasteiger partial charge in [-0.05, 0) is 25.0 Å². The molecule has 0 bridgehead atoms. The zero-order valence-corrected chi connectivity index (χ0v) is 11.6. The standard InChI is InChI=1S/C13H14INO/c1-13(2,14)10-5-3-9(4-6-10)12-11(16-12)7-8-15/h3-6,11-12H,7H2,1-2H3. The first-order valence-corrected chi connectivity index (χ1v) is 6.42. The number of alkyl halides is 1. The van der Waals surface area contributed by atoms with Gasteiger partial charge < -0.3 is 4.74 Å². The molecule has 2 unspecified atom stereocenters. The Morgan fingerprint density at radius 3 is 2.50 bits per heavy atom. The van der Waals surface area contributed by atoms with Crippen molar-refractivity contribution in [2.75, 3.05) is 0 Å². The van der Waals surface area contributed by atoms with Crippen molar-refractivity contribution in [2.45, 2.75) is 35.9 Å². The molecule has 0 N–H and O–H groups in total. The Hall–Kier alpha value is -0.600. The van der Waals surface area contributed by atoms with E-state index in [-0.39, 0.29) is 15.6 Å². The molecule has 0 amide bonds. The first-order chi connectivity index (χ1) is 7.52. The first-order valence-electron chi connectivity index (χ1n) is 5.34. The molecule has 1 aliphatic rings. The van der Waals surface area contributed by atoms with Gasteiger partial charge in [0.2, 0.25) is 0 Å². The molecule has 1 fully saturated rings. The average molecular weight is 327 g/mol. The predicted molar refractivity (Wildman–Crippen MR) is 71.3 cm³/mol. The fraction of sp³-hybridized carbons (Fsp3) is 0.462. The number of nitrogens with zero attached hydrogens (tertiary/aromatic N) is 1. The van der Waals surface area contributed by atoms with E-state index in [9.17, 15) is 0 Å². The van der Waals surface area contributed by atoms with Crippen LogP contribution in [0.25, 0.3) is 0 Å². The van der Waals surface area contributed by atoms with Crippen molar-refractivity contribution in [1.82, 2.24) is 0 Å². The average Bonchev–Trinajstić information content (AvgIpc) is 2.97. The van der Waals surface area contributed by atoms with Gasteiger partial charge in [0, 0.05) is 3.42 Å². The summed E-state index contributed by atoms with van der Waals surface area (Å²) in [5.41, 5.74) is 2.50. The molecule has 2 atom stereocenters. The van der Waals surface area contributed by atoms with Crippen LogP contribution in [0, 0.1) is 11.3 Å².